The third-order valence-corrected chi connectivity index (χ3v) is 6.71. The number of hydrogen-bond acceptors (Lipinski definition) is 6. The lowest BCUT2D eigenvalue weighted by molar-refractivity contribution is 0.597. The molecule has 0 radical (unpaired) electrons. The van der Waals surface area contributed by atoms with Crippen molar-refractivity contribution in [2.45, 2.75) is 36.6 Å². The first-order valence-corrected chi connectivity index (χ1v) is 11.2. The largest absolute Gasteiger partial charge is 0.319 e. The van der Waals surface area contributed by atoms with E-state index in [1.807, 2.05) is 0 Å². The fraction of sp³-hybridized carbons (Fsp3) is 0.263. The van der Waals surface area contributed by atoms with Crippen LogP contribution in [0.3, 0.4) is 0 Å². The highest BCUT2D eigenvalue weighted by atomic mass is 32.2. The Morgan fingerprint density at radius 3 is 2.56 bits per heavy atom. The van der Waals surface area contributed by atoms with Gasteiger partial charge in [0.2, 0.25) is 10.0 Å². The summed E-state index contributed by atoms with van der Waals surface area (Å²) in [6.45, 7) is 0. The number of allylic oxidation sites excluding steroid dienone is 2. The van der Waals surface area contributed by atoms with Gasteiger partial charge in [0.1, 0.15) is 11.2 Å². The van der Waals surface area contributed by atoms with Crippen molar-refractivity contribution in [3.05, 3.63) is 58.9 Å². The summed E-state index contributed by atoms with van der Waals surface area (Å²) in [5, 5.41) is 8.31. The van der Waals surface area contributed by atoms with Gasteiger partial charge in [-0.05, 0) is 54.5 Å². The van der Waals surface area contributed by atoms with Crippen LogP contribution >= 0.6 is 11.3 Å². The van der Waals surface area contributed by atoms with E-state index in [4.69, 9.17) is 10.9 Å². The smallest absolute Gasteiger partial charge is 0.238 e. The van der Waals surface area contributed by atoms with E-state index in [1.54, 1.807) is 23.5 Å². The molecular weight excluding hydrogens is 380 g/mol. The summed E-state index contributed by atoms with van der Waals surface area (Å²) in [6, 6.07) is 5.83. The maximum Gasteiger partial charge on any atom is 0.238 e. The van der Waals surface area contributed by atoms with E-state index < -0.39 is 16.1 Å². The normalized spacial score (nSPS) is 16.3. The zero-order valence-electron chi connectivity index (χ0n) is 14.6. The lowest BCUT2D eigenvalue weighted by Crippen LogP contribution is -2.16. The Labute approximate surface area is 162 Å². The van der Waals surface area contributed by atoms with Crippen LogP contribution < -0.4 is 10.9 Å². The molecule has 0 spiro atoms. The molecule has 3 aromatic rings. The van der Waals surface area contributed by atoms with Gasteiger partial charge in [0.25, 0.3) is 0 Å². The number of primary sulfonamides is 1. The summed E-state index contributed by atoms with van der Waals surface area (Å²) >= 11 is 1.60. The van der Waals surface area contributed by atoms with Crippen LogP contribution in [0.5, 0.6) is 0 Å². The van der Waals surface area contributed by atoms with E-state index in [0.717, 1.165) is 34.3 Å². The third kappa shape index (κ3) is 3.53. The van der Waals surface area contributed by atoms with Crippen LogP contribution in [0.1, 0.15) is 48.5 Å². The monoisotopic (exact) mass is 400 g/mol. The predicted molar refractivity (Wildman–Crippen MR) is 108 cm³/mol. The van der Waals surface area contributed by atoms with Crippen molar-refractivity contribution in [3.63, 3.8) is 0 Å². The Morgan fingerprint density at radius 1 is 1.11 bits per heavy atom. The number of rotatable bonds is 4. The molecule has 0 fully saturated rings. The minimum atomic E-state index is -3.73. The molecule has 1 unspecified atom stereocenters. The molecule has 4 rings (SSSR count). The van der Waals surface area contributed by atoms with E-state index in [2.05, 4.69) is 21.4 Å². The van der Waals surface area contributed by atoms with Crippen molar-refractivity contribution >= 4 is 37.1 Å². The predicted octanol–water partition coefficient (Wildman–Crippen LogP) is 3.34. The number of hydrogen-bond donors (Lipinski definition) is 2. The van der Waals surface area contributed by atoms with Crippen LogP contribution in [-0.4, -0.2) is 18.4 Å². The Kier molecular flexibility index (Phi) is 4.81. The van der Waals surface area contributed by atoms with E-state index in [0.29, 0.717) is 0 Å². The first-order chi connectivity index (χ1) is 12.9. The molecule has 2 heterocycles. The van der Waals surface area contributed by atoms with E-state index in [-0.39, 0.29) is 4.90 Å². The maximum atomic E-state index is 11.5. The van der Waals surface area contributed by atoms with Gasteiger partial charge < -0.3 is 5.73 Å². The third-order valence-electron chi connectivity index (χ3n) is 4.90. The highest BCUT2D eigenvalue weighted by Gasteiger charge is 2.21. The Morgan fingerprint density at radius 2 is 1.89 bits per heavy atom. The quantitative estimate of drug-likeness (QED) is 0.697. The lowest BCUT2D eigenvalue weighted by atomic mass is 9.92. The molecule has 1 aromatic carbocycles. The van der Waals surface area contributed by atoms with Crippen LogP contribution in [0.25, 0.3) is 15.8 Å². The molecule has 0 aliphatic heterocycles. The second-order valence-electron chi connectivity index (χ2n) is 6.66. The van der Waals surface area contributed by atoms with Gasteiger partial charge >= 0.3 is 0 Å². The number of benzene rings is 1. The number of fused-ring (bicyclic) bond motifs is 1. The van der Waals surface area contributed by atoms with Gasteiger partial charge in [0.05, 0.1) is 16.6 Å². The van der Waals surface area contributed by atoms with Crippen LogP contribution in [0.2, 0.25) is 0 Å². The van der Waals surface area contributed by atoms with Gasteiger partial charge in [-0.2, -0.15) is 0 Å². The number of thiophene rings is 1. The van der Waals surface area contributed by atoms with E-state index in [1.165, 1.54) is 42.4 Å². The average Bonchev–Trinajstić information content (AvgIpc) is 3.12. The molecule has 1 aliphatic rings. The van der Waals surface area contributed by atoms with Gasteiger partial charge in [-0.25, -0.2) is 23.5 Å². The fourth-order valence-corrected chi connectivity index (χ4v) is 4.93. The second kappa shape index (κ2) is 7.12. The lowest BCUT2D eigenvalue weighted by Gasteiger charge is -2.16. The van der Waals surface area contributed by atoms with Gasteiger partial charge in [-0.3, -0.25) is 0 Å². The SMILES string of the molecule is NC(c1ccc(S(N)(=O)=O)cc1)c1ncnc2scc(C3=CCCCC3)c12. The van der Waals surface area contributed by atoms with Gasteiger partial charge in [-0.1, -0.05) is 18.2 Å². The Balaban J connectivity index is 1.79. The molecule has 0 saturated heterocycles. The number of aromatic nitrogens is 2. The van der Waals surface area contributed by atoms with Gasteiger partial charge in [0.15, 0.2) is 0 Å². The van der Waals surface area contributed by atoms with Crippen LogP contribution in [0.4, 0.5) is 0 Å². The molecular formula is C19H20N4O2S2. The first-order valence-electron chi connectivity index (χ1n) is 8.75. The van der Waals surface area contributed by atoms with Crippen molar-refractivity contribution in [2.75, 3.05) is 0 Å². The second-order valence-corrected chi connectivity index (χ2v) is 9.07. The summed E-state index contributed by atoms with van der Waals surface area (Å²) in [5.41, 5.74) is 10.5. The number of sulfonamides is 1. The summed E-state index contributed by atoms with van der Waals surface area (Å²) < 4.78 is 22.9. The molecule has 1 atom stereocenters. The molecule has 2 aromatic heterocycles. The minimum absolute atomic E-state index is 0.0647. The highest BCUT2D eigenvalue weighted by molar-refractivity contribution is 7.89. The molecule has 8 heteroatoms. The fourth-order valence-electron chi connectivity index (χ4n) is 3.48. The zero-order valence-corrected chi connectivity index (χ0v) is 16.3. The topological polar surface area (TPSA) is 112 Å². The maximum absolute atomic E-state index is 11.5. The van der Waals surface area contributed by atoms with Gasteiger partial charge in [0, 0.05) is 10.8 Å². The molecule has 27 heavy (non-hydrogen) atoms. The number of nitrogens with two attached hydrogens (primary N) is 2. The van der Waals surface area contributed by atoms with Crippen LogP contribution in [0.15, 0.2) is 46.9 Å². The highest BCUT2D eigenvalue weighted by Crippen LogP contribution is 2.38. The van der Waals surface area contributed by atoms with Crippen molar-refractivity contribution in [2.24, 2.45) is 10.9 Å². The molecule has 0 saturated carbocycles. The van der Waals surface area contributed by atoms with Crippen molar-refractivity contribution < 1.29 is 8.42 Å². The molecule has 0 amide bonds. The molecule has 6 nitrogen and oxygen atoms in total. The van der Waals surface area contributed by atoms with Crippen LogP contribution in [-0.2, 0) is 10.0 Å². The Bertz CT molecular complexity index is 1120. The summed E-state index contributed by atoms with van der Waals surface area (Å²) in [5.74, 6) is 0. The van der Waals surface area contributed by atoms with Crippen LogP contribution in [0, 0.1) is 0 Å². The van der Waals surface area contributed by atoms with Gasteiger partial charge in [-0.15, -0.1) is 11.3 Å². The minimum Gasteiger partial charge on any atom is -0.319 e. The van der Waals surface area contributed by atoms with Crippen molar-refractivity contribution in [1.29, 1.82) is 0 Å². The average molecular weight is 401 g/mol. The summed E-state index contributed by atoms with van der Waals surface area (Å²) in [6.07, 6.45) is 8.40. The van der Waals surface area contributed by atoms with E-state index in [9.17, 15) is 8.42 Å². The molecule has 1 aliphatic carbocycles. The molecule has 140 valence electrons. The zero-order chi connectivity index (χ0) is 19.0. The standard InChI is InChI=1S/C19H20N4O2S2/c20-17(13-6-8-14(9-7-13)27(21,24)25)18-16-15(12-4-2-1-3-5-12)10-26-19(16)23-11-22-18/h4,6-11,17H,1-3,5,20H2,(H2,21,24,25). The Hall–Kier alpha value is -2.13. The van der Waals surface area contributed by atoms with Crippen molar-refractivity contribution in [1.82, 2.24) is 9.97 Å². The molecule has 0 bridgehead atoms. The summed E-state index contributed by atoms with van der Waals surface area (Å²) in [7, 11) is -3.73. The number of nitrogens with zero attached hydrogens (tertiary/aromatic N) is 2. The van der Waals surface area contributed by atoms with E-state index >= 15 is 0 Å². The summed E-state index contributed by atoms with van der Waals surface area (Å²) in [4.78, 5) is 9.87. The first kappa shape index (κ1) is 18.2. The molecule has 4 N–H and O–H groups in total. The van der Waals surface area contributed by atoms with Crippen molar-refractivity contribution in [3.8, 4) is 0 Å².